The second-order valence-electron chi connectivity index (χ2n) is 5.07. The predicted molar refractivity (Wildman–Crippen MR) is 88.1 cm³/mol. The molecule has 1 rings (SSSR count). The molecule has 0 atom stereocenters. The molecule has 120 valence electrons. The molecule has 21 heavy (non-hydrogen) atoms. The van der Waals surface area contributed by atoms with E-state index in [1.165, 1.54) is 11.3 Å². The quantitative estimate of drug-likeness (QED) is 0.795. The van der Waals surface area contributed by atoms with Gasteiger partial charge in [0.2, 0.25) is 0 Å². The SMILES string of the molecule is CCC(CC)N(CCOC)C(=O)c1sc(N(C)C)nc1N. The van der Waals surface area contributed by atoms with E-state index >= 15 is 0 Å². The van der Waals surface area contributed by atoms with Crippen LogP contribution in [0, 0.1) is 0 Å². The number of nitrogens with zero attached hydrogens (tertiary/aromatic N) is 3. The van der Waals surface area contributed by atoms with Gasteiger partial charge < -0.3 is 20.3 Å². The van der Waals surface area contributed by atoms with E-state index in [-0.39, 0.29) is 11.9 Å². The van der Waals surface area contributed by atoms with Gasteiger partial charge in [-0.2, -0.15) is 0 Å². The summed E-state index contributed by atoms with van der Waals surface area (Å²) in [7, 11) is 5.41. The number of anilines is 2. The number of ether oxygens (including phenoxy) is 1. The van der Waals surface area contributed by atoms with Crippen molar-refractivity contribution in [3.8, 4) is 0 Å². The third-order valence-corrected chi connectivity index (χ3v) is 4.63. The maximum atomic E-state index is 12.8. The van der Waals surface area contributed by atoms with Crippen LogP contribution in [0.2, 0.25) is 0 Å². The van der Waals surface area contributed by atoms with Crippen molar-refractivity contribution in [3.63, 3.8) is 0 Å². The van der Waals surface area contributed by atoms with Gasteiger partial charge in [-0.05, 0) is 12.8 Å². The molecule has 1 heterocycles. The number of nitrogen functional groups attached to an aromatic ring is 1. The first-order valence-corrected chi connectivity index (χ1v) is 8.01. The summed E-state index contributed by atoms with van der Waals surface area (Å²) in [6.45, 7) is 5.25. The number of hydrogen-bond donors (Lipinski definition) is 1. The van der Waals surface area contributed by atoms with Crippen molar-refractivity contribution in [2.24, 2.45) is 0 Å². The molecule has 0 fully saturated rings. The number of amides is 1. The highest BCUT2D eigenvalue weighted by Gasteiger charge is 2.26. The van der Waals surface area contributed by atoms with Crippen LogP contribution >= 0.6 is 11.3 Å². The number of nitrogens with two attached hydrogens (primary N) is 1. The zero-order valence-electron chi connectivity index (χ0n) is 13.5. The Morgan fingerprint density at radius 3 is 2.43 bits per heavy atom. The summed E-state index contributed by atoms with van der Waals surface area (Å²) >= 11 is 1.33. The van der Waals surface area contributed by atoms with Crippen LogP contribution in [0.3, 0.4) is 0 Å². The zero-order valence-corrected chi connectivity index (χ0v) is 14.4. The monoisotopic (exact) mass is 314 g/mol. The Labute approximate surface area is 130 Å². The van der Waals surface area contributed by atoms with E-state index in [4.69, 9.17) is 10.5 Å². The second kappa shape index (κ2) is 8.19. The van der Waals surface area contributed by atoms with Crippen molar-refractivity contribution >= 4 is 28.2 Å². The van der Waals surface area contributed by atoms with Crippen LogP contribution in [0.4, 0.5) is 10.9 Å². The summed E-state index contributed by atoms with van der Waals surface area (Å²) in [6, 6.07) is 0.192. The molecule has 1 aromatic heterocycles. The molecule has 0 aliphatic carbocycles. The van der Waals surface area contributed by atoms with Gasteiger partial charge in [-0.15, -0.1) is 0 Å². The fourth-order valence-corrected chi connectivity index (χ4v) is 3.03. The molecule has 1 amide bonds. The lowest BCUT2D eigenvalue weighted by Crippen LogP contribution is -2.41. The topological polar surface area (TPSA) is 71.7 Å². The molecule has 0 aliphatic rings. The molecular weight excluding hydrogens is 288 g/mol. The van der Waals surface area contributed by atoms with Crippen LogP contribution in [0.15, 0.2) is 0 Å². The summed E-state index contributed by atoms with van der Waals surface area (Å²) in [5, 5.41) is 0.743. The summed E-state index contributed by atoms with van der Waals surface area (Å²) in [5.41, 5.74) is 5.92. The molecule has 7 heteroatoms. The summed E-state index contributed by atoms with van der Waals surface area (Å²) in [5.74, 6) is 0.255. The summed E-state index contributed by atoms with van der Waals surface area (Å²) < 4.78 is 5.13. The van der Waals surface area contributed by atoms with Crippen LogP contribution in [0.1, 0.15) is 36.4 Å². The van der Waals surface area contributed by atoms with Crippen molar-refractivity contribution in [1.29, 1.82) is 0 Å². The second-order valence-corrected chi connectivity index (χ2v) is 6.04. The normalized spacial score (nSPS) is 11.0. The molecule has 6 nitrogen and oxygen atoms in total. The fraction of sp³-hybridized carbons (Fsp3) is 0.714. The van der Waals surface area contributed by atoms with E-state index in [2.05, 4.69) is 18.8 Å². The predicted octanol–water partition coefficient (Wildman–Crippen LogP) is 2.07. The average Bonchev–Trinajstić information content (AvgIpc) is 2.85. The fourth-order valence-electron chi connectivity index (χ4n) is 2.16. The maximum absolute atomic E-state index is 12.8. The molecule has 1 aromatic rings. The highest BCUT2D eigenvalue weighted by atomic mass is 32.1. The van der Waals surface area contributed by atoms with E-state index in [1.807, 2.05) is 23.9 Å². The summed E-state index contributed by atoms with van der Waals surface area (Å²) in [6.07, 6.45) is 1.82. The molecule has 0 aromatic carbocycles. The molecule has 0 spiro atoms. The van der Waals surface area contributed by atoms with Crippen LogP contribution in [-0.2, 0) is 4.74 Å². The highest BCUT2D eigenvalue weighted by molar-refractivity contribution is 7.18. The van der Waals surface area contributed by atoms with Crippen molar-refractivity contribution in [1.82, 2.24) is 9.88 Å². The smallest absolute Gasteiger partial charge is 0.268 e. The number of carbonyl (C=O) groups excluding carboxylic acids is 1. The molecule has 2 N–H and O–H groups in total. The van der Waals surface area contributed by atoms with Crippen molar-refractivity contribution in [2.75, 3.05) is 45.0 Å². The number of thiazole rings is 1. The first-order chi connectivity index (χ1) is 9.96. The number of hydrogen-bond acceptors (Lipinski definition) is 6. The lowest BCUT2D eigenvalue weighted by Gasteiger charge is -2.30. The maximum Gasteiger partial charge on any atom is 0.268 e. The third kappa shape index (κ3) is 4.31. The van der Waals surface area contributed by atoms with E-state index < -0.39 is 0 Å². The first kappa shape index (κ1) is 17.7. The Bertz CT molecular complexity index is 458. The van der Waals surface area contributed by atoms with Gasteiger partial charge >= 0.3 is 0 Å². The Hall–Kier alpha value is -1.34. The lowest BCUT2D eigenvalue weighted by atomic mass is 10.1. The van der Waals surface area contributed by atoms with E-state index in [1.54, 1.807) is 7.11 Å². The molecule has 0 aliphatic heterocycles. The standard InChI is InChI=1S/C14H26N4O2S/c1-6-10(7-2)18(8-9-20-5)13(19)11-12(15)16-14(21-11)17(3)4/h10H,6-9,15H2,1-5H3. The summed E-state index contributed by atoms with van der Waals surface area (Å²) in [4.78, 5) is 21.3. The van der Waals surface area contributed by atoms with Gasteiger partial charge in [0.15, 0.2) is 5.13 Å². The minimum absolute atomic E-state index is 0.0520. The first-order valence-electron chi connectivity index (χ1n) is 7.19. The Kier molecular flexibility index (Phi) is 6.91. The molecule has 0 saturated heterocycles. The van der Waals surface area contributed by atoms with E-state index in [0.717, 1.165) is 18.0 Å². The largest absolute Gasteiger partial charge is 0.383 e. The average molecular weight is 314 g/mol. The van der Waals surface area contributed by atoms with Crippen LogP contribution in [0.25, 0.3) is 0 Å². The van der Waals surface area contributed by atoms with Gasteiger partial charge in [0.25, 0.3) is 5.91 Å². The van der Waals surface area contributed by atoms with E-state index in [0.29, 0.717) is 23.8 Å². The van der Waals surface area contributed by atoms with Crippen LogP contribution in [0.5, 0.6) is 0 Å². The lowest BCUT2D eigenvalue weighted by molar-refractivity contribution is 0.0595. The van der Waals surface area contributed by atoms with Gasteiger partial charge in [0.1, 0.15) is 10.7 Å². The molecule has 0 bridgehead atoms. The highest BCUT2D eigenvalue weighted by Crippen LogP contribution is 2.29. The zero-order chi connectivity index (χ0) is 16.0. The molecule has 0 radical (unpaired) electrons. The van der Waals surface area contributed by atoms with Gasteiger partial charge in [0.05, 0.1) is 6.61 Å². The number of rotatable bonds is 8. The Morgan fingerprint density at radius 1 is 1.38 bits per heavy atom. The Morgan fingerprint density at radius 2 is 2.00 bits per heavy atom. The molecular formula is C14H26N4O2S. The van der Waals surface area contributed by atoms with Crippen molar-refractivity contribution in [3.05, 3.63) is 4.88 Å². The van der Waals surface area contributed by atoms with Gasteiger partial charge in [-0.25, -0.2) is 4.98 Å². The number of carbonyl (C=O) groups is 1. The van der Waals surface area contributed by atoms with Crippen LogP contribution < -0.4 is 10.6 Å². The molecule has 0 unspecified atom stereocenters. The van der Waals surface area contributed by atoms with E-state index in [9.17, 15) is 4.79 Å². The van der Waals surface area contributed by atoms with Crippen molar-refractivity contribution < 1.29 is 9.53 Å². The Balaban J connectivity index is 3.03. The van der Waals surface area contributed by atoms with Gasteiger partial charge in [-0.1, -0.05) is 25.2 Å². The minimum Gasteiger partial charge on any atom is -0.383 e. The number of methoxy groups -OCH3 is 1. The minimum atomic E-state index is -0.0520. The van der Waals surface area contributed by atoms with Gasteiger partial charge in [-0.3, -0.25) is 4.79 Å². The van der Waals surface area contributed by atoms with Crippen LogP contribution in [-0.4, -0.2) is 56.2 Å². The number of aromatic nitrogens is 1. The van der Waals surface area contributed by atoms with Crippen molar-refractivity contribution in [2.45, 2.75) is 32.7 Å². The molecule has 0 saturated carbocycles. The third-order valence-electron chi connectivity index (χ3n) is 3.40. The van der Waals surface area contributed by atoms with Gasteiger partial charge in [0, 0.05) is 33.8 Å².